The molecule has 92 valence electrons. The van der Waals surface area contributed by atoms with Crippen molar-refractivity contribution < 1.29 is 0 Å². The first-order valence-corrected chi connectivity index (χ1v) is 6.46. The number of hydrogen-bond donors (Lipinski definition) is 1. The fourth-order valence-corrected chi connectivity index (χ4v) is 2.22. The standard InChI is InChI=1S/C16H12N2S/c19-15-11-14(12-7-3-1-4-8-12)16(18-17-15)13-9-5-2-6-10-13/h1-11H,(H,17,19). The van der Waals surface area contributed by atoms with Crippen molar-refractivity contribution in [2.24, 2.45) is 0 Å². The number of hydrogen-bond acceptors (Lipinski definition) is 2. The van der Waals surface area contributed by atoms with Crippen LogP contribution in [0.4, 0.5) is 0 Å². The van der Waals surface area contributed by atoms with Crippen molar-refractivity contribution in [3.63, 3.8) is 0 Å². The normalized spacial score (nSPS) is 10.3. The van der Waals surface area contributed by atoms with Gasteiger partial charge < -0.3 is 0 Å². The van der Waals surface area contributed by atoms with E-state index in [1.165, 1.54) is 0 Å². The third-order valence-corrected chi connectivity index (χ3v) is 3.15. The highest BCUT2D eigenvalue weighted by atomic mass is 32.1. The molecule has 0 aliphatic heterocycles. The van der Waals surface area contributed by atoms with Crippen molar-refractivity contribution in [1.29, 1.82) is 0 Å². The first kappa shape index (κ1) is 11.8. The molecule has 0 radical (unpaired) electrons. The van der Waals surface area contributed by atoms with Gasteiger partial charge in [0.1, 0.15) is 4.64 Å². The molecule has 0 spiro atoms. The Morgan fingerprint density at radius 2 is 1.37 bits per heavy atom. The van der Waals surface area contributed by atoms with Crippen LogP contribution in [0.1, 0.15) is 0 Å². The zero-order chi connectivity index (χ0) is 13.1. The Balaban J connectivity index is 2.24. The van der Waals surface area contributed by atoms with E-state index in [-0.39, 0.29) is 0 Å². The van der Waals surface area contributed by atoms with E-state index < -0.39 is 0 Å². The molecule has 1 aromatic heterocycles. The molecule has 3 rings (SSSR count). The van der Waals surface area contributed by atoms with Crippen LogP contribution in [0.3, 0.4) is 0 Å². The summed E-state index contributed by atoms with van der Waals surface area (Å²) in [6.45, 7) is 0. The molecule has 3 aromatic rings. The van der Waals surface area contributed by atoms with E-state index in [0.29, 0.717) is 4.64 Å². The molecule has 2 aromatic carbocycles. The molecule has 1 heterocycles. The van der Waals surface area contributed by atoms with E-state index in [2.05, 4.69) is 22.3 Å². The summed E-state index contributed by atoms with van der Waals surface area (Å²) < 4.78 is 0.638. The molecule has 0 amide bonds. The van der Waals surface area contributed by atoms with Gasteiger partial charge in [-0.25, -0.2) is 0 Å². The van der Waals surface area contributed by atoms with Gasteiger partial charge in [-0.05, 0) is 11.6 Å². The van der Waals surface area contributed by atoms with Crippen molar-refractivity contribution in [3.8, 4) is 22.4 Å². The third-order valence-electron chi connectivity index (χ3n) is 2.94. The summed E-state index contributed by atoms with van der Waals surface area (Å²) in [5, 5.41) is 7.27. The van der Waals surface area contributed by atoms with Gasteiger partial charge >= 0.3 is 0 Å². The number of rotatable bonds is 2. The second kappa shape index (κ2) is 5.16. The van der Waals surface area contributed by atoms with Gasteiger partial charge in [0.15, 0.2) is 0 Å². The van der Waals surface area contributed by atoms with E-state index in [0.717, 1.165) is 22.4 Å². The zero-order valence-electron chi connectivity index (χ0n) is 10.2. The SMILES string of the molecule is S=c1cc(-c2ccccc2)c(-c2ccccc2)n[nH]1. The van der Waals surface area contributed by atoms with Crippen molar-refractivity contribution in [2.75, 3.05) is 0 Å². The fraction of sp³-hybridized carbons (Fsp3) is 0. The van der Waals surface area contributed by atoms with Gasteiger partial charge in [-0.1, -0.05) is 72.9 Å². The minimum atomic E-state index is 0.638. The van der Waals surface area contributed by atoms with Crippen LogP contribution >= 0.6 is 12.2 Å². The minimum absolute atomic E-state index is 0.638. The Morgan fingerprint density at radius 1 is 0.789 bits per heavy atom. The highest BCUT2D eigenvalue weighted by Gasteiger charge is 2.08. The Kier molecular flexibility index (Phi) is 3.21. The maximum Gasteiger partial charge on any atom is 0.120 e. The summed E-state index contributed by atoms with van der Waals surface area (Å²) in [5.41, 5.74) is 4.16. The smallest absolute Gasteiger partial charge is 0.120 e. The average Bonchev–Trinajstić information content (AvgIpc) is 2.49. The van der Waals surface area contributed by atoms with Gasteiger partial charge in [0.25, 0.3) is 0 Å². The first-order chi connectivity index (χ1) is 9.34. The van der Waals surface area contributed by atoms with E-state index in [1.807, 2.05) is 54.6 Å². The highest BCUT2D eigenvalue weighted by Crippen LogP contribution is 2.29. The molecule has 0 fully saturated rings. The predicted molar refractivity (Wildman–Crippen MR) is 80.3 cm³/mol. The summed E-state index contributed by atoms with van der Waals surface area (Å²) >= 11 is 5.19. The van der Waals surface area contributed by atoms with Crippen LogP contribution in [0, 0.1) is 4.64 Å². The number of aromatic amines is 1. The van der Waals surface area contributed by atoms with Crippen LogP contribution in [0.2, 0.25) is 0 Å². The van der Waals surface area contributed by atoms with Gasteiger partial charge in [0.2, 0.25) is 0 Å². The fourth-order valence-electron chi connectivity index (χ4n) is 2.06. The van der Waals surface area contributed by atoms with Crippen LogP contribution in [-0.4, -0.2) is 10.2 Å². The van der Waals surface area contributed by atoms with E-state index in [1.54, 1.807) is 0 Å². The molecular weight excluding hydrogens is 252 g/mol. The predicted octanol–water partition coefficient (Wildman–Crippen LogP) is 4.47. The monoisotopic (exact) mass is 264 g/mol. The lowest BCUT2D eigenvalue weighted by molar-refractivity contribution is 1.02. The molecule has 0 saturated heterocycles. The lowest BCUT2D eigenvalue weighted by Gasteiger charge is -2.08. The first-order valence-electron chi connectivity index (χ1n) is 6.05. The Bertz CT molecular complexity index is 733. The molecule has 0 saturated carbocycles. The summed E-state index contributed by atoms with van der Waals surface area (Å²) in [7, 11) is 0. The molecular formula is C16H12N2S. The number of nitrogens with zero attached hydrogens (tertiary/aromatic N) is 1. The van der Waals surface area contributed by atoms with Crippen molar-refractivity contribution >= 4 is 12.2 Å². The molecule has 1 N–H and O–H groups in total. The number of nitrogens with one attached hydrogen (secondary N) is 1. The maximum atomic E-state index is 5.19. The van der Waals surface area contributed by atoms with Crippen LogP contribution in [0.5, 0.6) is 0 Å². The number of aromatic nitrogens is 2. The second-order valence-electron chi connectivity index (χ2n) is 4.23. The van der Waals surface area contributed by atoms with Crippen LogP contribution in [0.15, 0.2) is 66.7 Å². The van der Waals surface area contributed by atoms with Gasteiger partial charge in [-0.3, -0.25) is 5.10 Å². The molecule has 0 aliphatic carbocycles. The van der Waals surface area contributed by atoms with Crippen molar-refractivity contribution in [3.05, 3.63) is 71.4 Å². The summed E-state index contributed by atoms with van der Waals surface area (Å²) in [6.07, 6.45) is 0. The van der Waals surface area contributed by atoms with Crippen molar-refractivity contribution in [1.82, 2.24) is 10.2 Å². The Labute approximate surface area is 116 Å². The Hall–Kier alpha value is -2.26. The van der Waals surface area contributed by atoms with Gasteiger partial charge in [0.05, 0.1) is 5.69 Å². The Morgan fingerprint density at radius 3 is 2.00 bits per heavy atom. The highest BCUT2D eigenvalue weighted by molar-refractivity contribution is 7.71. The van der Waals surface area contributed by atoms with Gasteiger partial charge in [0, 0.05) is 11.1 Å². The molecule has 2 nitrogen and oxygen atoms in total. The van der Waals surface area contributed by atoms with Crippen LogP contribution < -0.4 is 0 Å². The molecule has 0 atom stereocenters. The lowest BCUT2D eigenvalue weighted by Crippen LogP contribution is -1.92. The third kappa shape index (κ3) is 2.46. The maximum absolute atomic E-state index is 5.19. The topological polar surface area (TPSA) is 28.7 Å². The lowest BCUT2D eigenvalue weighted by atomic mass is 10.0. The van der Waals surface area contributed by atoms with E-state index >= 15 is 0 Å². The molecule has 0 bridgehead atoms. The number of benzene rings is 2. The quantitative estimate of drug-likeness (QED) is 0.692. The summed E-state index contributed by atoms with van der Waals surface area (Å²) in [4.78, 5) is 0. The minimum Gasteiger partial charge on any atom is -0.267 e. The average molecular weight is 264 g/mol. The molecule has 0 aliphatic rings. The molecule has 3 heteroatoms. The van der Waals surface area contributed by atoms with E-state index in [4.69, 9.17) is 12.2 Å². The zero-order valence-corrected chi connectivity index (χ0v) is 11.0. The van der Waals surface area contributed by atoms with E-state index in [9.17, 15) is 0 Å². The van der Waals surface area contributed by atoms with Crippen LogP contribution in [-0.2, 0) is 0 Å². The summed E-state index contributed by atoms with van der Waals surface area (Å²) in [5.74, 6) is 0. The van der Waals surface area contributed by atoms with Crippen LogP contribution in [0.25, 0.3) is 22.4 Å². The number of H-pyrrole nitrogens is 1. The molecule has 19 heavy (non-hydrogen) atoms. The summed E-state index contributed by atoms with van der Waals surface area (Å²) in [6, 6.07) is 22.2. The van der Waals surface area contributed by atoms with Crippen molar-refractivity contribution in [2.45, 2.75) is 0 Å². The van der Waals surface area contributed by atoms with Gasteiger partial charge in [-0.2, -0.15) is 5.10 Å². The second-order valence-corrected chi connectivity index (χ2v) is 4.67. The largest absolute Gasteiger partial charge is 0.267 e. The van der Waals surface area contributed by atoms with Gasteiger partial charge in [-0.15, -0.1) is 0 Å². The molecule has 0 unspecified atom stereocenters.